The highest BCUT2D eigenvalue weighted by molar-refractivity contribution is 5.87. The summed E-state index contributed by atoms with van der Waals surface area (Å²) in [5.74, 6) is 0.595. The summed E-state index contributed by atoms with van der Waals surface area (Å²) >= 11 is 0. The number of fused-ring (bicyclic) bond motifs is 3. The van der Waals surface area contributed by atoms with Crippen LogP contribution in [0.5, 0.6) is 0 Å². The van der Waals surface area contributed by atoms with Crippen LogP contribution < -0.4 is 16.3 Å². The number of nitrogens with zero attached hydrogens (tertiary/aromatic N) is 6. The second-order valence-corrected chi connectivity index (χ2v) is 7.19. The van der Waals surface area contributed by atoms with Crippen LogP contribution >= 0.6 is 0 Å². The monoisotopic (exact) mass is 392 g/mol. The maximum absolute atomic E-state index is 13.1. The Labute approximate surface area is 168 Å². The van der Waals surface area contributed by atoms with Crippen LogP contribution in [0.3, 0.4) is 0 Å². The Kier molecular flexibility index (Phi) is 4.92. The number of anilines is 1. The first-order valence-electron chi connectivity index (χ1n) is 9.68. The summed E-state index contributed by atoms with van der Waals surface area (Å²) in [6, 6.07) is 10.2. The number of aromatic nitrogens is 4. The lowest BCUT2D eigenvalue weighted by atomic mass is 10.1. The highest BCUT2D eigenvalue weighted by Crippen LogP contribution is 2.23. The van der Waals surface area contributed by atoms with E-state index in [4.69, 9.17) is 0 Å². The average molecular weight is 392 g/mol. The number of hydrogen-bond donors (Lipinski definition) is 0. The molecule has 2 aromatic heterocycles. The van der Waals surface area contributed by atoms with E-state index in [-0.39, 0.29) is 17.8 Å². The van der Waals surface area contributed by atoms with Gasteiger partial charge in [0.25, 0.3) is 5.56 Å². The standard InChI is InChI=1S/C21H24N6O2/c1-4-5-12-25-19(28)17-18(24(3)21(25)29)22-20-26(17)14-15(2)23-27(20)13-11-16-9-7-6-8-10-16/h4-10H,11-14H2,1-3H3/b5-4+. The molecular weight excluding hydrogens is 368 g/mol. The molecule has 0 saturated heterocycles. The third kappa shape index (κ3) is 3.30. The molecule has 0 fully saturated rings. The minimum Gasteiger partial charge on any atom is -0.297 e. The number of imidazole rings is 1. The molecule has 0 spiro atoms. The predicted molar refractivity (Wildman–Crippen MR) is 115 cm³/mol. The first-order valence-corrected chi connectivity index (χ1v) is 9.68. The Bertz CT molecular complexity index is 1230. The van der Waals surface area contributed by atoms with Crippen LogP contribution in [0.2, 0.25) is 0 Å². The van der Waals surface area contributed by atoms with E-state index in [0.717, 1.165) is 12.1 Å². The number of benzene rings is 1. The van der Waals surface area contributed by atoms with Gasteiger partial charge in [-0.05, 0) is 25.8 Å². The zero-order valence-electron chi connectivity index (χ0n) is 16.9. The van der Waals surface area contributed by atoms with Gasteiger partial charge >= 0.3 is 5.69 Å². The van der Waals surface area contributed by atoms with Crippen molar-refractivity contribution in [1.82, 2.24) is 18.7 Å². The predicted octanol–water partition coefficient (Wildman–Crippen LogP) is 1.91. The molecule has 0 amide bonds. The molecule has 0 unspecified atom stereocenters. The molecular formula is C21H24N6O2. The fourth-order valence-electron chi connectivity index (χ4n) is 3.62. The Morgan fingerprint density at radius 2 is 1.93 bits per heavy atom. The van der Waals surface area contributed by atoms with Crippen molar-refractivity contribution in [2.24, 2.45) is 12.1 Å². The third-order valence-corrected chi connectivity index (χ3v) is 5.10. The largest absolute Gasteiger partial charge is 0.332 e. The molecule has 0 N–H and O–H groups in total. The average Bonchev–Trinajstić information content (AvgIpc) is 3.11. The Hall–Kier alpha value is -3.42. The van der Waals surface area contributed by atoms with Gasteiger partial charge in [0.2, 0.25) is 5.95 Å². The van der Waals surface area contributed by atoms with Gasteiger partial charge in [0.05, 0.1) is 12.3 Å². The molecule has 8 nitrogen and oxygen atoms in total. The van der Waals surface area contributed by atoms with E-state index in [1.54, 1.807) is 13.1 Å². The van der Waals surface area contributed by atoms with Crippen LogP contribution in [-0.2, 0) is 26.6 Å². The molecule has 1 aliphatic rings. The molecule has 0 radical (unpaired) electrons. The molecule has 1 aromatic carbocycles. The van der Waals surface area contributed by atoms with Gasteiger partial charge in [-0.2, -0.15) is 10.1 Å². The van der Waals surface area contributed by atoms with Gasteiger partial charge in [0.15, 0.2) is 11.2 Å². The topological polar surface area (TPSA) is 77.4 Å². The minimum absolute atomic E-state index is 0.239. The van der Waals surface area contributed by atoms with Crippen LogP contribution in [0.15, 0.2) is 57.2 Å². The molecule has 3 heterocycles. The zero-order valence-corrected chi connectivity index (χ0v) is 16.9. The van der Waals surface area contributed by atoms with E-state index in [0.29, 0.717) is 30.2 Å². The second-order valence-electron chi connectivity index (χ2n) is 7.19. The van der Waals surface area contributed by atoms with Crippen LogP contribution in [0.25, 0.3) is 11.2 Å². The Morgan fingerprint density at radius 3 is 2.66 bits per heavy atom. The summed E-state index contributed by atoms with van der Waals surface area (Å²) in [6.45, 7) is 5.14. The van der Waals surface area contributed by atoms with Gasteiger partial charge in [-0.15, -0.1) is 0 Å². The van der Waals surface area contributed by atoms with E-state index in [9.17, 15) is 9.59 Å². The molecule has 29 heavy (non-hydrogen) atoms. The Balaban J connectivity index is 1.82. The van der Waals surface area contributed by atoms with Crippen LogP contribution in [0.4, 0.5) is 5.95 Å². The lowest BCUT2D eigenvalue weighted by Crippen LogP contribution is -2.39. The van der Waals surface area contributed by atoms with Crippen molar-refractivity contribution in [2.45, 2.75) is 33.4 Å². The molecule has 0 atom stereocenters. The molecule has 0 saturated carbocycles. The number of hydrazone groups is 1. The smallest absolute Gasteiger partial charge is 0.297 e. The van der Waals surface area contributed by atoms with E-state index in [1.807, 2.05) is 47.7 Å². The van der Waals surface area contributed by atoms with Crippen molar-refractivity contribution in [3.05, 3.63) is 68.9 Å². The van der Waals surface area contributed by atoms with Crippen LogP contribution in [-0.4, -0.2) is 30.9 Å². The van der Waals surface area contributed by atoms with Crippen LogP contribution in [0, 0.1) is 0 Å². The van der Waals surface area contributed by atoms with Gasteiger partial charge in [-0.1, -0.05) is 42.5 Å². The molecule has 150 valence electrons. The van der Waals surface area contributed by atoms with Gasteiger partial charge in [-0.25, -0.2) is 9.80 Å². The number of aryl methyl sites for hydroxylation is 1. The molecule has 4 rings (SSSR count). The fourth-order valence-corrected chi connectivity index (χ4v) is 3.62. The highest BCUT2D eigenvalue weighted by atomic mass is 16.2. The quantitative estimate of drug-likeness (QED) is 0.622. The van der Waals surface area contributed by atoms with Crippen molar-refractivity contribution in [1.29, 1.82) is 0 Å². The number of hydrogen-bond acceptors (Lipinski definition) is 5. The van der Waals surface area contributed by atoms with Gasteiger partial charge in [0.1, 0.15) is 0 Å². The first-order chi connectivity index (χ1) is 14.0. The zero-order chi connectivity index (χ0) is 20.5. The number of rotatable bonds is 5. The summed E-state index contributed by atoms with van der Waals surface area (Å²) in [4.78, 5) is 30.4. The van der Waals surface area contributed by atoms with Crippen molar-refractivity contribution in [3.63, 3.8) is 0 Å². The van der Waals surface area contributed by atoms with E-state index < -0.39 is 0 Å². The van der Waals surface area contributed by atoms with Gasteiger partial charge in [-0.3, -0.25) is 18.5 Å². The van der Waals surface area contributed by atoms with E-state index in [1.165, 1.54) is 14.7 Å². The summed E-state index contributed by atoms with van der Waals surface area (Å²) in [7, 11) is 1.65. The van der Waals surface area contributed by atoms with Crippen molar-refractivity contribution in [3.8, 4) is 0 Å². The molecule has 0 bridgehead atoms. The highest BCUT2D eigenvalue weighted by Gasteiger charge is 2.26. The van der Waals surface area contributed by atoms with E-state index in [2.05, 4.69) is 22.2 Å². The molecule has 1 aliphatic heterocycles. The minimum atomic E-state index is -0.371. The number of allylic oxidation sites excluding steroid dienone is 2. The maximum Gasteiger partial charge on any atom is 0.332 e. The van der Waals surface area contributed by atoms with Gasteiger partial charge in [0, 0.05) is 20.1 Å². The summed E-state index contributed by atoms with van der Waals surface area (Å²) < 4.78 is 4.56. The first kappa shape index (κ1) is 18.9. The summed E-state index contributed by atoms with van der Waals surface area (Å²) in [5, 5.41) is 6.47. The molecule has 0 aliphatic carbocycles. The van der Waals surface area contributed by atoms with Crippen LogP contribution in [0.1, 0.15) is 19.4 Å². The van der Waals surface area contributed by atoms with E-state index >= 15 is 0 Å². The summed E-state index contributed by atoms with van der Waals surface area (Å²) in [5.41, 5.74) is 2.22. The molecule has 3 aromatic rings. The summed E-state index contributed by atoms with van der Waals surface area (Å²) in [6.07, 6.45) is 4.41. The molecule has 8 heteroatoms. The van der Waals surface area contributed by atoms with Crippen molar-refractivity contribution in [2.75, 3.05) is 11.6 Å². The normalized spacial score (nSPS) is 13.9. The lowest BCUT2D eigenvalue weighted by Gasteiger charge is -2.24. The van der Waals surface area contributed by atoms with Crippen molar-refractivity contribution >= 4 is 22.8 Å². The third-order valence-electron chi connectivity index (χ3n) is 5.10. The lowest BCUT2D eigenvalue weighted by molar-refractivity contribution is 0.662. The second kappa shape index (κ2) is 7.54. The Morgan fingerprint density at radius 1 is 1.17 bits per heavy atom. The van der Waals surface area contributed by atoms with Crippen molar-refractivity contribution < 1.29 is 0 Å². The SMILES string of the molecule is C/C=C/Cn1c(=O)c2c(nc3n2CC(C)=NN3CCc2ccccc2)n(C)c1=O. The van der Waals surface area contributed by atoms with Gasteiger partial charge < -0.3 is 0 Å². The maximum atomic E-state index is 13.1. The fraction of sp³-hybridized carbons (Fsp3) is 0.333.